The Labute approximate surface area is 189 Å². The van der Waals surface area contributed by atoms with Crippen molar-refractivity contribution in [2.45, 2.75) is 50.0 Å². The highest BCUT2D eigenvalue weighted by Gasteiger charge is 2.26. The van der Waals surface area contributed by atoms with Crippen LogP contribution in [0.3, 0.4) is 0 Å². The molecule has 1 aliphatic heterocycles. The third kappa shape index (κ3) is 6.64. The molecule has 0 unspecified atom stereocenters. The van der Waals surface area contributed by atoms with Crippen LogP contribution in [0.4, 0.5) is 0 Å². The van der Waals surface area contributed by atoms with Crippen molar-refractivity contribution in [3.63, 3.8) is 0 Å². The molecule has 7 nitrogen and oxygen atoms in total. The van der Waals surface area contributed by atoms with Gasteiger partial charge in [-0.15, -0.1) is 0 Å². The summed E-state index contributed by atoms with van der Waals surface area (Å²) in [6.45, 7) is 2.56. The molecule has 0 aliphatic carbocycles. The zero-order valence-corrected chi connectivity index (χ0v) is 19.1. The van der Waals surface area contributed by atoms with Gasteiger partial charge in [0.2, 0.25) is 10.0 Å². The van der Waals surface area contributed by atoms with E-state index in [0.29, 0.717) is 13.1 Å². The van der Waals surface area contributed by atoms with E-state index in [1.54, 1.807) is 0 Å². The predicted octanol–water partition coefficient (Wildman–Crippen LogP) is 3.16. The van der Waals surface area contributed by atoms with Crippen molar-refractivity contribution in [2.75, 3.05) is 19.7 Å². The first-order chi connectivity index (χ1) is 15.4. The van der Waals surface area contributed by atoms with E-state index in [1.165, 1.54) is 34.1 Å². The van der Waals surface area contributed by atoms with Gasteiger partial charge >= 0.3 is 5.97 Å². The number of carbonyl (C=O) groups is 2. The summed E-state index contributed by atoms with van der Waals surface area (Å²) in [5, 5.41) is 2.82. The summed E-state index contributed by atoms with van der Waals surface area (Å²) < 4.78 is 31.9. The lowest BCUT2D eigenvalue weighted by Crippen LogP contribution is -2.36. The first-order valence-corrected chi connectivity index (χ1v) is 12.4. The normalized spacial score (nSPS) is 15.7. The minimum Gasteiger partial charge on any atom is -0.452 e. The van der Waals surface area contributed by atoms with Crippen molar-refractivity contribution in [3.8, 4) is 0 Å². The number of nitrogens with zero attached hydrogens (tertiary/aromatic N) is 1. The van der Waals surface area contributed by atoms with Gasteiger partial charge in [0.1, 0.15) is 0 Å². The van der Waals surface area contributed by atoms with Crippen molar-refractivity contribution >= 4 is 21.9 Å². The van der Waals surface area contributed by atoms with Crippen LogP contribution in [0.1, 0.15) is 48.5 Å². The molecule has 0 radical (unpaired) electrons. The summed E-state index contributed by atoms with van der Waals surface area (Å²) >= 11 is 0. The Bertz CT molecular complexity index is 1000. The van der Waals surface area contributed by atoms with Gasteiger partial charge in [-0.1, -0.05) is 36.8 Å². The highest BCUT2D eigenvalue weighted by Crippen LogP contribution is 2.21. The summed E-state index contributed by atoms with van der Waals surface area (Å²) in [6, 6.07) is 15.6. The molecule has 0 bridgehead atoms. The number of nitrogens with one attached hydrogen (secondary N) is 1. The van der Waals surface area contributed by atoms with Gasteiger partial charge in [-0.3, -0.25) is 4.79 Å². The van der Waals surface area contributed by atoms with Crippen molar-refractivity contribution in [3.05, 3.63) is 65.7 Å². The Morgan fingerprint density at radius 1 is 1.00 bits per heavy atom. The van der Waals surface area contributed by atoms with Gasteiger partial charge in [-0.25, -0.2) is 13.2 Å². The largest absolute Gasteiger partial charge is 0.452 e. The molecule has 2 aromatic rings. The van der Waals surface area contributed by atoms with Crippen LogP contribution >= 0.6 is 0 Å². The number of piperidine rings is 1. The standard InChI is InChI=1S/C24H30N2O5S/c1-19(10-11-20-8-4-2-5-9-20)25-23(27)18-31-24(28)21-12-14-22(15-13-21)32(29,30)26-16-6-3-7-17-26/h2,4-5,8-9,12-15,19H,3,6-7,10-11,16-18H2,1H3,(H,25,27)/t19-/m1/s1. The number of sulfonamides is 1. The van der Waals surface area contributed by atoms with Crippen LogP contribution in [0, 0.1) is 0 Å². The van der Waals surface area contributed by atoms with Crippen LogP contribution in [-0.2, 0) is 26.0 Å². The average molecular weight is 459 g/mol. The van der Waals surface area contributed by atoms with Gasteiger partial charge in [0.15, 0.2) is 6.61 Å². The summed E-state index contributed by atoms with van der Waals surface area (Å²) in [7, 11) is -3.55. The van der Waals surface area contributed by atoms with Gasteiger partial charge in [-0.05, 0) is 62.4 Å². The summed E-state index contributed by atoms with van der Waals surface area (Å²) in [5.41, 5.74) is 1.40. The van der Waals surface area contributed by atoms with E-state index in [1.807, 2.05) is 37.3 Å². The van der Waals surface area contributed by atoms with Crippen LogP contribution in [-0.4, -0.2) is 50.3 Å². The second kappa shape index (κ2) is 11.2. The Morgan fingerprint density at radius 3 is 2.31 bits per heavy atom. The number of rotatable bonds is 9. The van der Waals surface area contributed by atoms with Gasteiger partial charge in [0, 0.05) is 19.1 Å². The van der Waals surface area contributed by atoms with Gasteiger partial charge < -0.3 is 10.1 Å². The predicted molar refractivity (Wildman–Crippen MR) is 122 cm³/mol. The number of esters is 1. The number of benzene rings is 2. The zero-order chi connectivity index (χ0) is 23.0. The first-order valence-electron chi connectivity index (χ1n) is 11.0. The Balaban J connectivity index is 1.45. The smallest absolute Gasteiger partial charge is 0.338 e. The lowest BCUT2D eigenvalue weighted by atomic mass is 10.1. The molecule has 2 aromatic carbocycles. The number of amides is 1. The van der Waals surface area contributed by atoms with Crippen molar-refractivity contribution < 1.29 is 22.7 Å². The first kappa shape index (κ1) is 23.9. The molecule has 3 rings (SSSR count). The van der Waals surface area contributed by atoms with Gasteiger partial charge in [0.05, 0.1) is 10.5 Å². The van der Waals surface area contributed by atoms with Crippen LogP contribution in [0.5, 0.6) is 0 Å². The molecular formula is C24H30N2O5S. The molecule has 172 valence electrons. The molecule has 1 saturated heterocycles. The third-order valence-electron chi connectivity index (χ3n) is 5.49. The van der Waals surface area contributed by atoms with Gasteiger partial charge in [0.25, 0.3) is 5.91 Å². The van der Waals surface area contributed by atoms with E-state index in [-0.39, 0.29) is 29.0 Å². The lowest BCUT2D eigenvalue weighted by Gasteiger charge is -2.25. The minimum absolute atomic E-state index is 0.0549. The maximum Gasteiger partial charge on any atom is 0.338 e. The third-order valence-corrected chi connectivity index (χ3v) is 7.41. The monoisotopic (exact) mass is 458 g/mol. The molecule has 8 heteroatoms. The molecule has 1 amide bonds. The summed E-state index contributed by atoms with van der Waals surface area (Å²) in [6.07, 6.45) is 4.37. The molecular weight excluding hydrogens is 428 g/mol. The number of ether oxygens (including phenoxy) is 1. The highest BCUT2D eigenvalue weighted by atomic mass is 32.2. The molecule has 1 aliphatic rings. The molecule has 32 heavy (non-hydrogen) atoms. The number of aryl methyl sites for hydroxylation is 1. The minimum atomic E-state index is -3.55. The Hall–Kier alpha value is -2.71. The topological polar surface area (TPSA) is 92.8 Å². The fourth-order valence-electron chi connectivity index (χ4n) is 3.65. The maximum atomic E-state index is 12.7. The molecule has 1 heterocycles. The van der Waals surface area contributed by atoms with Crippen LogP contribution in [0.2, 0.25) is 0 Å². The van der Waals surface area contributed by atoms with E-state index >= 15 is 0 Å². The number of carbonyl (C=O) groups excluding carboxylic acids is 2. The summed E-state index contributed by atoms with van der Waals surface area (Å²) in [5.74, 6) is -1.04. The van der Waals surface area contributed by atoms with Gasteiger partial charge in [-0.2, -0.15) is 4.31 Å². The SMILES string of the molecule is C[C@H](CCc1ccccc1)NC(=O)COC(=O)c1ccc(S(=O)(=O)N2CCCCC2)cc1. The fraction of sp³-hybridized carbons (Fsp3) is 0.417. The van der Waals surface area contributed by atoms with Crippen molar-refractivity contribution in [1.82, 2.24) is 9.62 Å². The van der Waals surface area contributed by atoms with E-state index in [0.717, 1.165) is 32.1 Å². The molecule has 1 fully saturated rings. The highest BCUT2D eigenvalue weighted by molar-refractivity contribution is 7.89. The maximum absolute atomic E-state index is 12.7. The number of hydrogen-bond donors (Lipinski definition) is 1. The molecule has 0 saturated carbocycles. The quantitative estimate of drug-likeness (QED) is 0.583. The second-order valence-corrected chi connectivity index (χ2v) is 10.00. The van der Waals surface area contributed by atoms with Crippen LogP contribution in [0.15, 0.2) is 59.5 Å². The average Bonchev–Trinajstić information content (AvgIpc) is 2.82. The van der Waals surface area contributed by atoms with Crippen molar-refractivity contribution in [2.24, 2.45) is 0 Å². The molecule has 0 spiro atoms. The van der Waals surface area contributed by atoms with Crippen LogP contribution < -0.4 is 5.32 Å². The van der Waals surface area contributed by atoms with Crippen LogP contribution in [0.25, 0.3) is 0 Å². The molecule has 1 atom stereocenters. The van der Waals surface area contributed by atoms with E-state index < -0.39 is 16.0 Å². The summed E-state index contributed by atoms with van der Waals surface area (Å²) in [4.78, 5) is 24.5. The molecule has 1 N–H and O–H groups in total. The Morgan fingerprint density at radius 2 is 1.66 bits per heavy atom. The zero-order valence-electron chi connectivity index (χ0n) is 18.3. The fourth-order valence-corrected chi connectivity index (χ4v) is 5.17. The second-order valence-electron chi connectivity index (χ2n) is 8.06. The van der Waals surface area contributed by atoms with E-state index in [9.17, 15) is 18.0 Å². The van der Waals surface area contributed by atoms with Crippen molar-refractivity contribution in [1.29, 1.82) is 0 Å². The molecule has 0 aromatic heterocycles. The Kier molecular flexibility index (Phi) is 8.41. The lowest BCUT2D eigenvalue weighted by molar-refractivity contribution is -0.124. The number of hydrogen-bond acceptors (Lipinski definition) is 5. The van der Waals surface area contributed by atoms with E-state index in [4.69, 9.17) is 4.74 Å². The van der Waals surface area contributed by atoms with E-state index in [2.05, 4.69) is 5.32 Å².